The van der Waals surface area contributed by atoms with Crippen LogP contribution in [0.1, 0.15) is 25.7 Å². The normalized spacial score (nSPS) is 29.5. The smallest absolute Gasteiger partial charge is 0.165 e. The van der Waals surface area contributed by atoms with Crippen molar-refractivity contribution in [3.63, 3.8) is 0 Å². The van der Waals surface area contributed by atoms with E-state index < -0.39 is 11.6 Å². The van der Waals surface area contributed by atoms with Gasteiger partial charge in [0.2, 0.25) is 0 Å². The van der Waals surface area contributed by atoms with Crippen molar-refractivity contribution in [2.75, 3.05) is 13.1 Å². The van der Waals surface area contributed by atoms with Crippen molar-refractivity contribution in [3.05, 3.63) is 29.8 Å². The maximum absolute atomic E-state index is 13.4. The lowest BCUT2D eigenvalue weighted by Crippen LogP contribution is -2.52. The summed E-state index contributed by atoms with van der Waals surface area (Å²) in [6.07, 6.45) is 4.32. The number of rotatable bonds is 2. The molecule has 0 atom stereocenters. The minimum atomic E-state index is -0.487. The summed E-state index contributed by atoms with van der Waals surface area (Å²) in [6.45, 7) is 2.12. The highest BCUT2D eigenvalue weighted by molar-refractivity contribution is 5.85. The quantitative estimate of drug-likeness (QED) is 0.902. The Labute approximate surface area is 117 Å². The zero-order chi connectivity index (χ0) is 12.6. The van der Waals surface area contributed by atoms with E-state index in [4.69, 9.17) is 4.74 Å². The first-order valence-electron chi connectivity index (χ1n) is 6.49. The highest BCUT2D eigenvalue weighted by Crippen LogP contribution is 2.47. The lowest BCUT2D eigenvalue weighted by Gasteiger charge is -2.49. The molecule has 2 aliphatic rings. The van der Waals surface area contributed by atoms with Crippen molar-refractivity contribution in [2.24, 2.45) is 5.41 Å². The molecule has 1 aliphatic carbocycles. The van der Waals surface area contributed by atoms with Crippen LogP contribution in [-0.2, 0) is 0 Å². The molecule has 3 rings (SSSR count). The Morgan fingerprint density at radius 2 is 2.05 bits per heavy atom. The molecule has 1 aromatic rings. The highest BCUT2D eigenvalue weighted by atomic mass is 35.5. The van der Waals surface area contributed by atoms with E-state index in [0.717, 1.165) is 44.1 Å². The third-order valence-electron chi connectivity index (χ3n) is 4.07. The second kappa shape index (κ2) is 5.63. The molecule has 1 aliphatic heterocycles. The van der Waals surface area contributed by atoms with Crippen LogP contribution >= 0.6 is 12.4 Å². The molecule has 1 heterocycles. The summed E-state index contributed by atoms with van der Waals surface area (Å²) in [7, 11) is 0. The lowest BCUT2D eigenvalue weighted by atomic mass is 9.63. The molecule has 2 nitrogen and oxygen atoms in total. The Morgan fingerprint density at radius 1 is 1.26 bits per heavy atom. The van der Waals surface area contributed by atoms with Gasteiger partial charge in [-0.2, -0.15) is 0 Å². The van der Waals surface area contributed by atoms with Crippen molar-refractivity contribution in [2.45, 2.75) is 31.8 Å². The molecule has 1 spiro atoms. The molecular formula is C14H18ClF2NO. The molecule has 0 amide bonds. The fraction of sp³-hybridized carbons (Fsp3) is 0.571. The SMILES string of the molecule is Cl.Fc1ccc(F)c(OC2CC3(CCCNC3)C2)c1. The average Bonchev–Trinajstić information content (AvgIpc) is 2.33. The van der Waals surface area contributed by atoms with E-state index in [1.807, 2.05) is 0 Å². The topological polar surface area (TPSA) is 21.3 Å². The largest absolute Gasteiger partial charge is 0.487 e. The molecule has 1 saturated heterocycles. The number of hydrogen-bond acceptors (Lipinski definition) is 2. The van der Waals surface area contributed by atoms with Gasteiger partial charge in [0.05, 0.1) is 0 Å². The average molecular weight is 290 g/mol. The third-order valence-corrected chi connectivity index (χ3v) is 4.07. The Hall–Kier alpha value is -0.870. The summed E-state index contributed by atoms with van der Waals surface area (Å²) in [6, 6.07) is 3.34. The van der Waals surface area contributed by atoms with Gasteiger partial charge in [-0.1, -0.05) is 0 Å². The van der Waals surface area contributed by atoms with Crippen LogP contribution in [0.4, 0.5) is 8.78 Å². The summed E-state index contributed by atoms with van der Waals surface area (Å²) >= 11 is 0. The van der Waals surface area contributed by atoms with E-state index in [9.17, 15) is 8.78 Å². The van der Waals surface area contributed by atoms with Crippen molar-refractivity contribution in [1.29, 1.82) is 0 Å². The Kier molecular flexibility index (Phi) is 4.31. The monoisotopic (exact) mass is 289 g/mol. The van der Waals surface area contributed by atoms with Gasteiger partial charge in [-0.15, -0.1) is 12.4 Å². The van der Waals surface area contributed by atoms with Crippen molar-refractivity contribution < 1.29 is 13.5 Å². The molecule has 106 valence electrons. The Bertz CT molecular complexity index is 441. The van der Waals surface area contributed by atoms with Gasteiger partial charge in [0, 0.05) is 12.6 Å². The van der Waals surface area contributed by atoms with Crippen LogP contribution in [0.3, 0.4) is 0 Å². The lowest BCUT2D eigenvalue weighted by molar-refractivity contribution is -0.0317. The van der Waals surface area contributed by atoms with Crippen LogP contribution in [0.25, 0.3) is 0 Å². The first-order valence-corrected chi connectivity index (χ1v) is 6.49. The van der Waals surface area contributed by atoms with E-state index in [1.165, 1.54) is 12.8 Å². The molecule has 0 aromatic heterocycles. The molecule has 0 radical (unpaired) electrons. The van der Waals surface area contributed by atoms with Gasteiger partial charge < -0.3 is 10.1 Å². The van der Waals surface area contributed by atoms with Gasteiger partial charge in [0.1, 0.15) is 11.9 Å². The summed E-state index contributed by atoms with van der Waals surface area (Å²) in [5.41, 5.74) is 0.340. The summed E-state index contributed by atoms with van der Waals surface area (Å²) in [5.74, 6) is -0.905. The minimum absolute atomic E-state index is 0. The molecule has 5 heteroatoms. The van der Waals surface area contributed by atoms with E-state index in [1.54, 1.807) is 0 Å². The number of halogens is 3. The van der Waals surface area contributed by atoms with Gasteiger partial charge in [-0.05, 0) is 49.8 Å². The van der Waals surface area contributed by atoms with E-state index in [0.29, 0.717) is 5.41 Å². The highest BCUT2D eigenvalue weighted by Gasteiger charge is 2.46. The summed E-state index contributed by atoms with van der Waals surface area (Å²) < 4.78 is 32.0. The maximum Gasteiger partial charge on any atom is 0.165 e. The molecule has 2 fully saturated rings. The second-order valence-electron chi connectivity index (χ2n) is 5.50. The minimum Gasteiger partial charge on any atom is -0.487 e. The van der Waals surface area contributed by atoms with Crippen molar-refractivity contribution in [3.8, 4) is 5.75 Å². The molecule has 1 aromatic carbocycles. The van der Waals surface area contributed by atoms with Gasteiger partial charge in [-0.3, -0.25) is 0 Å². The summed E-state index contributed by atoms with van der Waals surface area (Å²) in [5, 5.41) is 3.39. The Morgan fingerprint density at radius 3 is 2.74 bits per heavy atom. The second-order valence-corrected chi connectivity index (χ2v) is 5.50. The predicted molar refractivity (Wildman–Crippen MR) is 71.8 cm³/mol. The van der Waals surface area contributed by atoms with Crippen LogP contribution in [-0.4, -0.2) is 19.2 Å². The van der Waals surface area contributed by atoms with E-state index >= 15 is 0 Å². The summed E-state index contributed by atoms with van der Waals surface area (Å²) in [4.78, 5) is 0. The number of hydrogen-bond donors (Lipinski definition) is 1. The number of benzene rings is 1. The molecule has 1 saturated carbocycles. The fourth-order valence-corrected chi connectivity index (χ4v) is 3.12. The fourth-order valence-electron chi connectivity index (χ4n) is 3.12. The van der Waals surface area contributed by atoms with Crippen molar-refractivity contribution in [1.82, 2.24) is 5.32 Å². The maximum atomic E-state index is 13.4. The predicted octanol–water partition coefficient (Wildman–Crippen LogP) is 3.30. The van der Waals surface area contributed by atoms with E-state index in [-0.39, 0.29) is 24.3 Å². The molecule has 0 bridgehead atoms. The molecule has 19 heavy (non-hydrogen) atoms. The third kappa shape index (κ3) is 3.00. The van der Waals surface area contributed by atoms with Crippen LogP contribution in [0.2, 0.25) is 0 Å². The van der Waals surface area contributed by atoms with Crippen LogP contribution in [0.15, 0.2) is 18.2 Å². The van der Waals surface area contributed by atoms with Gasteiger partial charge in [0.25, 0.3) is 0 Å². The number of piperidine rings is 1. The van der Waals surface area contributed by atoms with Crippen LogP contribution < -0.4 is 10.1 Å². The van der Waals surface area contributed by atoms with Gasteiger partial charge in [0.15, 0.2) is 11.6 Å². The van der Waals surface area contributed by atoms with Crippen molar-refractivity contribution >= 4 is 12.4 Å². The van der Waals surface area contributed by atoms with Crippen LogP contribution in [0.5, 0.6) is 5.75 Å². The van der Waals surface area contributed by atoms with Gasteiger partial charge in [-0.25, -0.2) is 8.78 Å². The molecule has 0 unspecified atom stereocenters. The first kappa shape index (κ1) is 14.5. The van der Waals surface area contributed by atoms with E-state index in [2.05, 4.69) is 5.32 Å². The van der Waals surface area contributed by atoms with Gasteiger partial charge >= 0.3 is 0 Å². The Balaban J connectivity index is 0.00000133. The zero-order valence-corrected chi connectivity index (χ0v) is 11.4. The molecular weight excluding hydrogens is 272 g/mol. The number of nitrogens with one attached hydrogen (secondary N) is 1. The zero-order valence-electron chi connectivity index (χ0n) is 10.6. The van der Waals surface area contributed by atoms with Crippen LogP contribution in [0, 0.1) is 17.0 Å². The first-order chi connectivity index (χ1) is 8.67. The number of ether oxygens (including phenoxy) is 1. The molecule has 1 N–H and O–H groups in total. The standard InChI is InChI=1S/C14H17F2NO.ClH/c15-10-2-3-12(16)13(6-10)18-11-7-14(8-11)4-1-5-17-9-14;/h2-3,6,11,17H,1,4-5,7-9H2;1H.